The molecule has 1 rings (SSSR count). The van der Waals surface area contributed by atoms with Crippen LogP contribution in [0.25, 0.3) is 0 Å². The SMILES string of the molecule is CCOC(=O)N1CCN(C(=O)[C@](C)(N)C(=O)OC(C)(C)C)CC1. The summed E-state index contributed by atoms with van der Waals surface area (Å²) in [5.74, 6) is -1.27. The molecule has 0 aromatic rings. The maximum Gasteiger partial charge on any atom is 0.409 e. The molecule has 1 aliphatic heterocycles. The van der Waals surface area contributed by atoms with Gasteiger partial charge in [0.2, 0.25) is 0 Å². The van der Waals surface area contributed by atoms with Crippen LogP contribution in [0.2, 0.25) is 0 Å². The number of nitrogens with zero attached hydrogens (tertiary/aromatic N) is 2. The Morgan fingerprint density at radius 2 is 1.48 bits per heavy atom. The van der Waals surface area contributed by atoms with E-state index < -0.39 is 29.1 Å². The molecule has 0 bridgehead atoms. The molecule has 2 N–H and O–H groups in total. The van der Waals surface area contributed by atoms with E-state index in [4.69, 9.17) is 15.2 Å². The van der Waals surface area contributed by atoms with Crippen LogP contribution in [0.3, 0.4) is 0 Å². The zero-order valence-electron chi connectivity index (χ0n) is 14.5. The van der Waals surface area contributed by atoms with Crippen molar-refractivity contribution in [3.05, 3.63) is 0 Å². The van der Waals surface area contributed by atoms with Gasteiger partial charge in [-0.15, -0.1) is 0 Å². The van der Waals surface area contributed by atoms with Crippen molar-refractivity contribution >= 4 is 18.0 Å². The minimum Gasteiger partial charge on any atom is -0.458 e. The first-order valence-corrected chi connectivity index (χ1v) is 7.72. The lowest BCUT2D eigenvalue weighted by Crippen LogP contribution is -2.63. The number of carbonyl (C=O) groups is 3. The van der Waals surface area contributed by atoms with Crippen LogP contribution in [0.1, 0.15) is 34.6 Å². The zero-order chi connectivity index (χ0) is 17.8. The van der Waals surface area contributed by atoms with E-state index in [2.05, 4.69) is 0 Å². The Bertz CT molecular complexity index is 462. The minimum absolute atomic E-state index is 0.299. The lowest BCUT2D eigenvalue weighted by atomic mass is 10.0. The van der Waals surface area contributed by atoms with E-state index >= 15 is 0 Å². The van der Waals surface area contributed by atoms with Crippen LogP contribution >= 0.6 is 0 Å². The number of hydrogen-bond acceptors (Lipinski definition) is 6. The Balaban J connectivity index is 2.65. The predicted molar refractivity (Wildman–Crippen MR) is 83.6 cm³/mol. The molecule has 1 heterocycles. The van der Waals surface area contributed by atoms with Gasteiger partial charge >= 0.3 is 12.1 Å². The monoisotopic (exact) mass is 329 g/mol. The first-order valence-electron chi connectivity index (χ1n) is 7.72. The maximum atomic E-state index is 12.5. The van der Waals surface area contributed by atoms with Crippen molar-refractivity contribution in [2.45, 2.75) is 45.8 Å². The highest BCUT2D eigenvalue weighted by molar-refractivity contribution is 6.06. The molecule has 0 unspecified atom stereocenters. The summed E-state index contributed by atoms with van der Waals surface area (Å²) in [5, 5.41) is 0. The smallest absolute Gasteiger partial charge is 0.409 e. The zero-order valence-corrected chi connectivity index (χ0v) is 14.5. The summed E-state index contributed by atoms with van der Waals surface area (Å²) >= 11 is 0. The molecule has 8 nitrogen and oxygen atoms in total. The number of carbonyl (C=O) groups excluding carboxylic acids is 3. The third-order valence-corrected chi connectivity index (χ3v) is 3.36. The molecule has 23 heavy (non-hydrogen) atoms. The van der Waals surface area contributed by atoms with Crippen molar-refractivity contribution in [2.24, 2.45) is 5.73 Å². The van der Waals surface area contributed by atoms with Crippen LogP contribution in [0.4, 0.5) is 4.79 Å². The highest BCUT2D eigenvalue weighted by atomic mass is 16.6. The fraction of sp³-hybridized carbons (Fsp3) is 0.800. The van der Waals surface area contributed by atoms with Crippen molar-refractivity contribution in [3.8, 4) is 0 Å². The van der Waals surface area contributed by atoms with E-state index in [9.17, 15) is 14.4 Å². The Labute approximate surface area is 136 Å². The molecule has 0 aromatic heterocycles. The van der Waals surface area contributed by atoms with Gasteiger partial charge in [-0.1, -0.05) is 0 Å². The highest BCUT2D eigenvalue weighted by Gasteiger charge is 2.44. The van der Waals surface area contributed by atoms with E-state index in [0.717, 1.165) is 0 Å². The van der Waals surface area contributed by atoms with E-state index in [1.54, 1.807) is 27.7 Å². The summed E-state index contributed by atoms with van der Waals surface area (Å²) < 4.78 is 10.1. The minimum atomic E-state index is -1.75. The summed E-state index contributed by atoms with van der Waals surface area (Å²) in [7, 11) is 0. The number of hydrogen-bond donors (Lipinski definition) is 1. The van der Waals surface area contributed by atoms with E-state index in [0.29, 0.717) is 32.8 Å². The van der Waals surface area contributed by atoms with Gasteiger partial charge in [-0.2, -0.15) is 0 Å². The Kier molecular flexibility index (Phi) is 5.98. The summed E-state index contributed by atoms with van der Waals surface area (Å²) in [6, 6.07) is 0. The Morgan fingerprint density at radius 3 is 1.91 bits per heavy atom. The predicted octanol–water partition coefficient (Wildman–Crippen LogP) is 0.346. The van der Waals surface area contributed by atoms with Gasteiger partial charge < -0.3 is 25.0 Å². The number of piperazine rings is 1. The van der Waals surface area contributed by atoms with Gasteiger partial charge in [0.15, 0.2) is 5.54 Å². The fourth-order valence-electron chi connectivity index (χ4n) is 2.11. The molecule has 1 atom stereocenters. The molecule has 2 amide bonds. The summed E-state index contributed by atoms with van der Waals surface area (Å²) in [6.45, 7) is 9.80. The molecule has 0 spiro atoms. The Morgan fingerprint density at radius 1 is 1.00 bits per heavy atom. The lowest BCUT2D eigenvalue weighted by Gasteiger charge is -2.37. The molecule has 8 heteroatoms. The number of esters is 1. The molecule has 1 aliphatic rings. The van der Waals surface area contributed by atoms with Crippen LogP contribution in [-0.4, -0.2) is 71.7 Å². The second-order valence-electron chi connectivity index (χ2n) is 6.68. The van der Waals surface area contributed by atoms with Gasteiger partial charge in [0.05, 0.1) is 6.61 Å². The maximum absolute atomic E-state index is 12.5. The third-order valence-electron chi connectivity index (χ3n) is 3.36. The van der Waals surface area contributed by atoms with E-state index in [1.165, 1.54) is 16.7 Å². The number of nitrogens with two attached hydrogens (primary N) is 1. The van der Waals surface area contributed by atoms with Crippen LogP contribution in [0.15, 0.2) is 0 Å². The second kappa shape index (κ2) is 7.16. The topological polar surface area (TPSA) is 102 Å². The molecule has 1 fully saturated rings. The van der Waals surface area contributed by atoms with E-state index in [-0.39, 0.29) is 0 Å². The van der Waals surface area contributed by atoms with Crippen molar-refractivity contribution in [1.82, 2.24) is 9.80 Å². The number of rotatable bonds is 3. The van der Waals surface area contributed by atoms with Crippen molar-refractivity contribution in [3.63, 3.8) is 0 Å². The van der Waals surface area contributed by atoms with Gasteiger partial charge in [-0.3, -0.25) is 4.79 Å². The van der Waals surface area contributed by atoms with Gasteiger partial charge in [0, 0.05) is 26.2 Å². The van der Waals surface area contributed by atoms with Gasteiger partial charge in [0.25, 0.3) is 5.91 Å². The highest BCUT2D eigenvalue weighted by Crippen LogP contribution is 2.16. The lowest BCUT2D eigenvalue weighted by molar-refractivity contribution is -0.166. The second-order valence-corrected chi connectivity index (χ2v) is 6.68. The standard InChI is InChI=1S/C15H27N3O5/c1-6-22-13(21)18-9-7-17(8-10-18)11(19)15(5,16)12(20)23-14(2,3)4/h6-10,16H2,1-5H3/t15-/m0/s1. The number of ether oxygens (including phenoxy) is 2. The number of amides is 2. The molecule has 1 saturated heterocycles. The molecule has 0 aromatic carbocycles. The summed E-state index contributed by atoms with van der Waals surface area (Å²) in [6.07, 6.45) is -0.401. The molecule has 0 aliphatic carbocycles. The first-order chi connectivity index (χ1) is 10.5. The van der Waals surface area contributed by atoms with Crippen LogP contribution < -0.4 is 5.73 Å². The molecular formula is C15H27N3O5. The molecule has 0 saturated carbocycles. The van der Waals surface area contributed by atoms with E-state index in [1.807, 2.05) is 0 Å². The van der Waals surface area contributed by atoms with Crippen molar-refractivity contribution in [1.29, 1.82) is 0 Å². The largest absolute Gasteiger partial charge is 0.458 e. The molecule has 132 valence electrons. The normalized spacial score (nSPS) is 18.2. The van der Waals surface area contributed by atoms with Crippen molar-refractivity contribution < 1.29 is 23.9 Å². The average molecular weight is 329 g/mol. The summed E-state index contributed by atoms with van der Waals surface area (Å²) in [5.41, 5.74) is 3.44. The average Bonchev–Trinajstić information content (AvgIpc) is 2.45. The van der Waals surface area contributed by atoms with Gasteiger partial charge in [-0.25, -0.2) is 9.59 Å². The van der Waals surface area contributed by atoms with Gasteiger partial charge in [-0.05, 0) is 34.6 Å². The Hall–Kier alpha value is -1.83. The quantitative estimate of drug-likeness (QED) is 0.592. The van der Waals surface area contributed by atoms with Crippen LogP contribution in [0, 0.1) is 0 Å². The van der Waals surface area contributed by atoms with Gasteiger partial charge in [0.1, 0.15) is 5.60 Å². The van der Waals surface area contributed by atoms with Crippen molar-refractivity contribution in [2.75, 3.05) is 32.8 Å². The fourth-order valence-corrected chi connectivity index (χ4v) is 2.11. The molecule has 0 radical (unpaired) electrons. The van der Waals surface area contributed by atoms with Crippen LogP contribution in [0.5, 0.6) is 0 Å². The molecular weight excluding hydrogens is 302 g/mol. The summed E-state index contributed by atoms with van der Waals surface area (Å²) in [4.78, 5) is 39.3. The third kappa shape index (κ3) is 5.09. The van der Waals surface area contributed by atoms with Crippen LogP contribution in [-0.2, 0) is 19.1 Å². The first kappa shape index (κ1) is 19.2.